The summed E-state index contributed by atoms with van der Waals surface area (Å²) in [5.74, 6) is -1.40. The summed E-state index contributed by atoms with van der Waals surface area (Å²) < 4.78 is 39.6. The Kier molecular flexibility index (Phi) is 3.20. The van der Waals surface area contributed by atoms with Crippen molar-refractivity contribution in [3.63, 3.8) is 0 Å². The second-order valence-corrected chi connectivity index (χ2v) is 6.63. The van der Waals surface area contributed by atoms with Gasteiger partial charge in [-0.25, -0.2) is 12.8 Å². The van der Waals surface area contributed by atoms with Crippen LogP contribution in [0.1, 0.15) is 12.8 Å². The highest BCUT2D eigenvalue weighted by Gasteiger charge is 2.51. The fourth-order valence-electron chi connectivity index (χ4n) is 1.52. The molecule has 0 bridgehead atoms. The lowest BCUT2D eigenvalue weighted by molar-refractivity contribution is -0.120. The van der Waals surface area contributed by atoms with Gasteiger partial charge in [0.05, 0.1) is 4.90 Å². The van der Waals surface area contributed by atoms with E-state index in [4.69, 9.17) is 5.73 Å². The number of carbonyl (C=O) groups is 1. The molecular weight excluding hydrogens is 327 g/mol. The number of nitrogens with two attached hydrogens (primary N) is 1. The van der Waals surface area contributed by atoms with Crippen LogP contribution < -0.4 is 10.5 Å². The third-order valence-electron chi connectivity index (χ3n) is 2.73. The number of sulfonamides is 1. The molecule has 18 heavy (non-hydrogen) atoms. The first-order chi connectivity index (χ1) is 8.27. The van der Waals surface area contributed by atoms with Crippen molar-refractivity contribution in [3.8, 4) is 0 Å². The van der Waals surface area contributed by atoms with Crippen LogP contribution in [0.5, 0.6) is 0 Å². The standard InChI is InChI=1S/C10H10BrFN2O3S/c11-7-2-1-6(12)5-8(7)18(16,17)14-10(3-4-10)9(13)15/h1-2,5,14H,3-4H2,(H2,13,15). The van der Waals surface area contributed by atoms with E-state index in [9.17, 15) is 17.6 Å². The Morgan fingerprint density at radius 2 is 2.06 bits per heavy atom. The first-order valence-corrected chi connectivity index (χ1v) is 7.33. The fourth-order valence-corrected chi connectivity index (χ4v) is 3.93. The minimum atomic E-state index is -3.99. The Morgan fingerprint density at radius 3 is 2.56 bits per heavy atom. The van der Waals surface area contributed by atoms with E-state index in [2.05, 4.69) is 20.7 Å². The lowest BCUT2D eigenvalue weighted by atomic mass is 10.3. The van der Waals surface area contributed by atoms with Gasteiger partial charge in [0.2, 0.25) is 15.9 Å². The number of rotatable bonds is 4. The molecule has 5 nitrogen and oxygen atoms in total. The number of nitrogens with one attached hydrogen (secondary N) is 1. The van der Waals surface area contributed by atoms with Crippen molar-refractivity contribution in [2.75, 3.05) is 0 Å². The Bertz CT molecular complexity index is 614. The van der Waals surface area contributed by atoms with Crippen molar-refractivity contribution >= 4 is 31.9 Å². The molecule has 1 fully saturated rings. The number of primary amides is 1. The van der Waals surface area contributed by atoms with Crippen LogP contribution in [0.15, 0.2) is 27.6 Å². The van der Waals surface area contributed by atoms with Crippen LogP contribution in [0.4, 0.5) is 4.39 Å². The highest BCUT2D eigenvalue weighted by molar-refractivity contribution is 9.10. The molecule has 98 valence electrons. The molecule has 0 radical (unpaired) electrons. The smallest absolute Gasteiger partial charge is 0.242 e. The maximum absolute atomic E-state index is 13.1. The van der Waals surface area contributed by atoms with Gasteiger partial charge in [-0.3, -0.25) is 4.79 Å². The largest absolute Gasteiger partial charge is 0.368 e. The van der Waals surface area contributed by atoms with Gasteiger partial charge in [0.1, 0.15) is 11.4 Å². The summed E-state index contributed by atoms with van der Waals surface area (Å²) >= 11 is 3.03. The van der Waals surface area contributed by atoms with Gasteiger partial charge in [-0.05, 0) is 47.0 Å². The molecule has 0 heterocycles. The van der Waals surface area contributed by atoms with Crippen LogP contribution in [0.25, 0.3) is 0 Å². The predicted molar refractivity (Wildman–Crippen MR) is 65.6 cm³/mol. The van der Waals surface area contributed by atoms with Crippen molar-refractivity contribution in [1.82, 2.24) is 4.72 Å². The Hall–Kier alpha value is -0.990. The summed E-state index contributed by atoms with van der Waals surface area (Å²) in [6.45, 7) is 0. The fraction of sp³-hybridized carbons (Fsp3) is 0.300. The summed E-state index contributed by atoms with van der Waals surface area (Å²) in [7, 11) is -3.99. The maximum Gasteiger partial charge on any atom is 0.242 e. The van der Waals surface area contributed by atoms with Crippen molar-refractivity contribution in [1.29, 1.82) is 0 Å². The van der Waals surface area contributed by atoms with Crippen LogP contribution in [-0.2, 0) is 14.8 Å². The van der Waals surface area contributed by atoms with Gasteiger partial charge in [-0.2, -0.15) is 4.72 Å². The zero-order valence-corrected chi connectivity index (χ0v) is 11.5. The normalized spacial score (nSPS) is 17.4. The van der Waals surface area contributed by atoms with E-state index in [1.165, 1.54) is 6.07 Å². The average Bonchev–Trinajstić information content (AvgIpc) is 3.02. The van der Waals surface area contributed by atoms with Crippen molar-refractivity contribution in [2.24, 2.45) is 5.73 Å². The van der Waals surface area contributed by atoms with Gasteiger partial charge in [0, 0.05) is 4.47 Å². The van der Waals surface area contributed by atoms with Gasteiger partial charge >= 0.3 is 0 Å². The summed E-state index contributed by atoms with van der Waals surface area (Å²) in [6, 6.07) is 3.29. The van der Waals surface area contributed by atoms with E-state index in [1.54, 1.807) is 0 Å². The Balaban J connectivity index is 2.37. The minimum absolute atomic E-state index is 0.219. The first kappa shape index (κ1) is 13.4. The molecule has 0 aromatic heterocycles. The summed E-state index contributed by atoms with van der Waals surface area (Å²) in [5, 5.41) is 0. The molecule has 0 atom stereocenters. The highest BCUT2D eigenvalue weighted by atomic mass is 79.9. The molecule has 1 aliphatic carbocycles. The first-order valence-electron chi connectivity index (χ1n) is 5.06. The van der Waals surface area contributed by atoms with Crippen LogP contribution in [0, 0.1) is 5.82 Å². The second-order valence-electron chi connectivity index (χ2n) is 4.13. The molecule has 8 heteroatoms. The molecule has 1 amide bonds. The van der Waals surface area contributed by atoms with Crippen molar-refractivity contribution in [2.45, 2.75) is 23.3 Å². The molecule has 0 unspecified atom stereocenters. The topological polar surface area (TPSA) is 89.3 Å². The number of amides is 1. The molecule has 1 saturated carbocycles. The van der Waals surface area contributed by atoms with E-state index >= 15 is 0 Å². The lowest BCUT2D eigenvalue weighted by Crippen LogP contribution is -2.46. The summed E-state index contributed by atoms with van der Waals surface area (Å²) in [6.07, 6.45) is 0.711. The average molecular weight is 337 g/mol. The van der Waals surface area contributed by atoms with E-state index in [0.717, 1.165) is 12.1 Å². The monoisotopic (exact) mass is 336 g/mol. The minimum Gasteiger partial charge on any atom is -0.368 e. The molecule has 0 spiro atoms. The molecule has 1 aliphatic rings. The van der Waals surface area contributed by atoms with E-state index < -0.39 is 27.3 Å². The number of carbonyl (C=O) groups excluding carboxylic acids is 1. The van der Waals surface area contributed by atoms with Crippen molar-refractivity contribution < 1.29 is 17.6 Å². The van der Waals surface area contributed by atoms with E-state index in [1.807, 2.05) is 0 Å². The molecular formula is C10H10BrFN2O3S. The zero-order chi connectivity index (χ0) is 13.6. The number of hydrogen-bond donors (Lipinski definition) is 2. The lowest BCUT2D eigenvalue weighted by Gasteiger charge is -2.14. The third-order valence-corrected chi connectivity index (χ3v) is 5.26. The third kappa shape index (κ3) is 2.40. The van der Waals surface area contributed by atoms with Gasteiger partial charge in [0.15, 0.2) is 0 Å². The molecule has 1 aromatic rings. The molecule has 3 N–H and O–H groups in total. The zero-order valence-electron chi connectivity index (χ0n) is 9.11. The van der Waals surface area contributed by atoms with Crippen LogP contribution >= 0.6 is 15.9 Å². The van der Waals surface area contributed by atoms with E-state index in [-0.39, 0.29) is 9.37 Å². The Labute approximate surface area is 112 Å². The highest BCUT2D eigenvalue weighted by Crippen LogP contribution is 2.37. The quantitative estimate of drug-likeness (QED) is 0.855. The van der Waals surface area contributed by atoms with E-state index in [0.29, 0.717) is 12.8 Å². The SMILES string of the molecule is NC(=O)C1(NS(=O)(=O)c2cc(F)ccc2Br)CC1. The summed E-state index contributed by atoms with van der Waals surface area (Å²) in [5.41, 5.74) is 3.92. The molecule has 1 aromatic carbocycles. The number of benzene rings is 1. The second kappa shape index (κ2) is 4.29. The number of hydrogen-bond acceptors (Lipinski definition) is 3. The summed E-state index contributed by atoms with van der Waals surface area (Å²) in [4.78, 5) is 10.9. The van der Waals surface area contributed by atoms with Gasteiger partial charge in [-0.15, -0.1) is 0 Å². The number of halogens is 2. The maximum atomic E-state index is 13.1. The Morgan fingerprint density at radius 1 is 1.44 bits per heavy atom. The van der Waals surface area contributed by atoms with Gasteiger partial charge in [0.25, 0.3) is 0 Å². The molecule has 2 rings (SSSR count). The van der Waals surface area contributed by atoms with Crippen molar-refractivity contribution in [3.05, 3.63) is 28.5 Å². The van der Waals surface area contributed by atoms with Gasteiger partial charge in [-0.1, -0.05) is 0 Å². The molecule has 0 saturated heterocycles. The van der Waals surface area contributed by atoms with Crippen LogP contribution in [0.3, 0.4) is 0 Å². The van der Waals surface area contributed by atoms with Gasteiger partial charge < -0.3 is 5.73 Å². The molecule has 0 aliphatic heterocycles. The van der Waals surface area contributed by atoms with Crippen LogP contribution in [0.2, 0.25) is 0 Å². The van der Waals surface area contributed by atoms with Crippen LogP contribution in [-0.4, -0.2) is 19.9 Å². The predicted octanol–water partition coefficient (Wildman–Crippen LogP) is 0.884.